The number of hydrogen-bond donors (Lipinski definition) is 1. The van der Waals surface area contributed by atoms with Gasteiger partial charge in [0.15, 0.2) is 5.82 Å². The monoisotopic (exact) mass is 485 g/mol. The zero-order valence-electron chi connectivity index (χ0n) is 18.2. The van der Waals surface area contributed by atoms with Crippen LogP contribution in [0, 0.1) is 0 Å². The largest absolute Gasteiger partial charge is 0.358 e. The van der Waals surface area contributed by atoms with E-state index in [0.717, 1.165) is 17.5 Å². The summed E-state index contributed by atoms with van der Waals surface area (Å²) >= 11 is 12.5. The number of nitrogens with zero attached hydrogens (tertiary/aromatic N) is 4. The maximum absolute atomic E-state index is 13.8. The number of halogens is 2. The molecule has 0 spiro atoms. The van der Waals surface area contributed by atoms with E-state index in [1.54, 1.807) is 6.08 Å². The second-order valence-electron chi connectivity index (χ2n) is 7.96. The molecular formula is C24H25Cl2N5O2. The van der Waals surface area contributed by atoms with E-state index in [-0.39, 0.29) is 11.9 Å². The second kappa shape index (κ2) is 10.5. The number of nitrogens with one attached hydrogen (secondary N) is 1. The quantitative estimate of drug-likeness (QED) is 0.417. The summed E-state index contributed by atoms with van der Waals surface area (Å²) in [5.41, 5.74) is 1.77. The first kappa shape index (κ1) is 23.4. The average molecular weight is 486 g/mol. The highest BCUT2D eigenvalue weighted by Crippen LogP contribution is 2.47. The van der Waals surface area contributed by atoms with Crippen LogP contribution in [0.5, 0.6) is 0 Å². The molecule has 4 atom stereocenters. The van der Waals surface area contributed by atoms with Gasteiger partial charge in [0.05, 0.1) is 12.1 Å². The fourth-order valence-electron chi connectivity index (χ4n) is 4.34. The van der Waals surface area contributed by atoms with Crippen molar-refractivity contribution in [3.05, 3.63) is 88.2 Å². The van der Waals surface area contributed by atoms with Gasteiger partial charge in [0, 0.05) is 16.5 Å². The molecule has 1 aliphatic rings. The van der Waals surface area contributed by atoms with E-state index >= 15 is 0 Å². The maximum atomic E-state index is 13.8. The Morgan fingerprint density at radius 2 is 1.97 bits per heavy atom. The fourth-order valence-corrected chi connectivity index (χ4v) is 4.67. The van der Waals surface area contributed by atoms with E-state index in [0.29, 0.717) is 28.7 Å². The summed E-state index contributed by atoms with van der Waals surface area (Å²) in [7, 11) is 0. The minimum absolute atomic E-state index is 0.136. The first-order valence-corrected chi connectivity index (χ1v) is 11.6. The number of aromatic amines is 1. The zero-order chi connectivity index (χ0) is 23.4. The number of carbonyl (C=O) groups excluding carboxylic acids is 1. The Hall–Kier alpha value is -2.74. The van der Waals surface area contributed by atoms with Crippen LogP contribution in [0.15, 0.2) is 61.2 Å². The Balaban J connectivity index is 1.90. The Morgan fingerprint density at radius 1 is 1.18 bits per heavy atom. The average Bonchev–Trinajstić information content (AvgIpc) is 3.34. The number of benzene rings is 2. The first-order valence-electron chi connectivity index (χ1n) is 10.9. The Labute approximate surface area is 202 Å². The van der Waals surface area contributed by atoms with Crippen LogP contribution in [0.4, 0.5) is 0 Å². The number of ether oxygens (including phenoxy) is 1. The predicted octanol–water partition coefficient (Wildman–Crippen LogP) is 5.63. The number of carbonyl (C=O) groups is 1. The summed E-state index contributed by atoms with van der Waals surface area (Å²) in [4.78, 5) is 15.7. The van der Waals surface area contributed by atoms with Crippen molar-refractivity contribution in [2.75, 3.05) is 0 Å². The van der Waals surface area contributed by atoms with E-state index in [1.165, 1.54) is 0 Å². The Kier molecular flexibility index (Phi) is 7.42. The number of amides is 1. The third kappa shape index (κ3) is 4.95. The molecule has 1 unspecified atom stereocenters. The van der Waals surface area contributed by atoms with Crippen LogP contribution >= 0.6 is 23.2 Å². The van der Waals surface area contributed by atoms with Gasteiger partial charge in [-0.3, -0.25) is 4.79 Å². The molecule has 0 bridgehead atoms. The highest BCUT2D eigenvalue weighted by atomic mass is 35.5. The minimum Gasteiger partial charge on any atom is -0.358 e. The Morgan fingerprint density at radius 3 is 2.61 bits per heavy atom. The lowest BCUT2D eigenvalue weighted by molar-refractivity contribution is -0.180. The SMILES string of the molecule is C=CC[C@H]1OC(c2cccc(Cl)c2)[C@H](c2ccc(Cl)cc2)N([C@H](CCC)c2nnn[nH]2)C1=O. The van der Waals surface area contributed by atoms with Crippen LogP contribution in [-0.2, 0) is 9.53 Å². The van der Waals surface area contributed by atoms with Gasteiger partial charge < -0.3 is 9.64 Å². The van der Waals surface area contributed by atoms with Gasteiger partial charge in [-0.25, -0.2) is 5.10 Å². The summed E-state index contributed by atoms with van der Waals surface area (Å²) < 4.78 is 6.44. The van der Waals surface area contributed by atoms with Gasteiger partial charge in [-0.2, -0.15) is 0 Å². The van der Waals surface area contributed by atoms with Gasteiger partial charge in [-0.15, -0.1) is 11.7 Å². The molecule has 0 saturated carbocycles. The number of morpholine rings is 1. The molecule has 2 heterocycles. The van der Waals surface area contributed by atoms with Gasteiger partial charge >= 0.3 is 0 Å². The van der Waals surface area contributed by atoms with E-state index in [9.17, 15) is 4.79 Å². The number of aromatic nitrogens is 4. The molecule has 1 N–H and O–H groups in total. The topological polar surface area (TPSA) is 84.0 Å². The van der Waals surface area contributed by atoms with Gasteiger partial charge in [-0.1, -0.05) is 66.9 Å². The normalized spacial score (nSPS) is 21.7. The van der Waals surface area contributed by atoms with Crippen molar-refractivity contribution < 1.29 is 9.53 Å². The highest BCUT2D eigenvalue weighted by Gasteiger charge is 2.47. The van der Waals surface area contributed by atoms with Crippen molar-refractivity contribution in [3.63, 3.8) is 0 Å². The van der Waals surface area contributed by atoms with Gasteiger partial charge in [0.1, 0.15) is 12.2 Å². The van der Waals surface area contributed by atoms with Gasteiger partial charge in [0.2, 0.25) is 0 Å². The summed E-state index contributed by atoms with van der Waals surface area (Å²) in [5.74, 6) is 0.399. The zero-order valence-corrected chi connectivity index (χ0v) is 19.7. The number of rotatable bonds is 8. The van der Waals surface area contributed by atoms with Crippen molar-refractivity contribution in [3.8, 4) is 0 Å². The van der Waals surface area contributed by atoms with Crippen molar-refractivity contribution in [1.29, 1.82) is 0 Å². The molecule has 1 fully saturated rings. The lowest BCUT2D eigenvalue weighted by Gasteiger charge is -2.47. The molecule has 1 aromatic heterocycles. The van der Waals surface area contributed by atoms with E-state index < -0.39 is 18.2 Å². The van der Waals surface area contributed by atoms with Crippen molar-refractivity contribution in [1.82, 2.24) is 25.5 Å². The lowest BCUT2D eigenvalue weighted by atomic mass is 9.89. The van der Waals surface area contributed by atoms with Crippen molar-refractivity contribution >= 4 is 29.1 Å². The van der Waals surface area contributed by atoms with Crippen LogP contribution in [0.2, 0.25) is 10.0 Å². The molecule has 33 heavy (non-hydrogen) atoms. The number of hydrogen-bond acceptors (Lipinski definition) is 5. The predicted molar refractivity (Wildman–Crippen MR) is 127 cm³/mol. The summed E-state index contributed by atoms with van der Waals surface area (Å²) in [5, 5.41) is 15.7. The molecule has 1 aliphatic heterocycles. The molecule has 1 amide bonds. The van der Waals surface area contributed by atoms with E-state index in [1.807, 2.05) is 53.4 Å². The second-order valence-corrected chi connectivity index (χ2v) is 8.83. The van der Waals surface area contributed by atoms with Crippen LogP contribution in [0.25, 0.3) is 0 Å². The number of H-pyrrole nitrogens is 1. The minimum atomic E-state index is -0.690. The van der Waals surface area contributed by atoms with E-state index in [4.69, 9.17) is 27.9 Å². The maximum Gasteiger partial charge on any atom is 0.253 e. The summed E-state index contributed by atoms with van der Waals surface area (Å²) in [6, 6.07) is 14.2. The first-order chi connectivity index (χ1) is 16.0. The summed E-state index contributed by atoms with van der Waals surface area (Å²) in [6.07, 6.45) is 2.43. The molecule has 1 saturated heterocycles. The van der Waals surface area contributed by atoms with Crippen LogP contribution in [0.1, 0.15) is 61.3 Å². The van der Waals surface area contributed by atoms with Crippen LogP contribution in [-0.4, -0.2) is 37.5 Å². The molecule has 172 valence electrons. The molecular weight excluding hydrogens is 461 g/mol. The summed E-state index contributed by atoms with van der Waals surface area (Å²) in [6.45, 7) is 5.88. The molecule has 7 nitrogen and oxygen atoms in total. The molecule has 0 aliphatic carbocycles. The third-order valence-corrected chi connectivity index (χ3v) is 6.26. The smallest absolute Gasteiger partial charge is 0.253 e. The number of tetrazole rings is 1. The molecule has 0 radical (unpaired) electrons. The van der Waals surface area contributed by atoms with Crippen molar-refractivity contribution in [2.24, 2.45) is 0 Å². The van der Waals surface area contributed by atoms with Crippen LogP contribution in [0.3, 0.4) is 0 Å². The van der Waals surface area contributed by atoms with Crippen molar-refractivity contribution in [2.45, 2.75) is 50.5 Å². The lowest BCUT2D eigenvalue weighted by Crippen LogP contribution is -2.52. The van der Waals surface area contributed by atoms with Crippen LogP contribution < -0.4 is 0 Å². The molecule has 4 rings (SSSR count). The Bertz CT molecular complexity index is 1090. The van der Waals surface area contributed by atoms with E-state index in [2.05, 4.69) is 34.1 Å². The molecule has 2 aromatic carbocycles. The molecule has 3 aromatic rings. The van der Waals surface area contributed by atoms with Gasteiger partial charge in [0.25, 0.3) is 5.91 Å². The van der Waals surface area contributed by atoms with Gasteiger partial charge in [-0.05, 0) is 52.2 Å². The molecule has 9 heteroatoms. The highest BCUT2D eigenvalue weighted by molar-refractivity contribution is 6.30. The fraction of sp³-hybridized carbons (Fsp3) is 0.333. The third-order valence-electron chi connectivity index (χ3n) is 5.77. The standard InChI is InChI=1S/C24H25Cl2N5O2/c1-3-6-19(23-27-29-30-28-23)31-21(15-10-12-17(25)13-11-15)22(16-8-5-9-18(26)14-16)33-20(7-4-2)24(31)32/h4-5,8-14,19-22H,2-3,6-7H2,1H3,(H,27,28,29,30)/t19-,20-,21+,22?/m1/s1.